The van der Waals surface area contributed by atoms with E-state index in [0.717, 1.165) is 0 Å². The van der Waals surface area contributed by atoms with Gasteiger partial charge in [-0.15, -0.1) is 0 Å². The third-order valence-electron chi connectivity index (χ3n) is 4.78. The van der Waals surface area contributed by atoms with Gasteiger partial charge in [0.05, 0.1) is 18.6 Å². The van der Waals surface area contributed by atoms with Crippen molar-refractivity contribution in [3.05, 3.63) is 11.6 Å². The fourth-order valence-corrected chi connectivity index (χ4v) is 3.23. The number of quaternary nitrogens is 1. The molecule has 12 nitrogen and oxygen atoms in total. The van der Waals surface area contributed by atoms with Crippen molar-refractivity contribution in [1.82, 2.24) is 10.6 Å². The molecule has 0 saturated carbocycles. The van der Waals surface area contributed by atoms with Crippen molar-refractivity contribution in [3.63, 3.8) is 0 Å². The molecule has 156 valence electrons. The zero-order chi connectivity index (χ0) is 21.0. The Morgan fingerprint density at radius 3 is 2.43 bits per heavy atom. The van der Waals surface area contributed by atoms with E-state index in [1.807, 2.05) is 0 Å². The van der Waals surface area contributed by atoms with Gasteiger partial charge >= 0.3 is 0 Å². The first kappa shape index (κ1) is 21.8. The second-order valence-electron chi connectivity index (χ2n) is 7.05. The average Bonchev–Trinajstić information content (AvgIpc) is 3.04. The fourth-order valence-electron chi connectivity index (χ4n) is 3.23. The largest absolute Gasteiger partial charge is 0.390 e. The quantitative estimate of drug-likeness (QED) is 0.206. The highest BCUT2D eigenvalue weighted by atomic mass is 16.3. The molecule has 11 N–H and O–H groups in total. The van der Waals surface area contributed by atoms with E-state index in [1.54, 1.807) is 5.32 Å². The minimum Gasteiger partial charge on any atom is -0.390 e. The molecule has 0 bridgehead atoms. The number of nitrogens with one attached hydrogen (secondary N) is 2. The molecule has 0 aromatic carbocycles. The predicted molar refractivity (Wildman–Crippen MR) is 92.8 cm³/mol. The molecule has 0 radical (unpaired) electrons. The van der Waals surface area contributed by atoms with Crippen LogP contribution in [0.15, 0.2) is 11.6 Å². The highest BCUT2D eigenvalue weighted by Gasteiger charge is 2.38. The molecule has 12 heteroatoms. The summed E-state index contributed by atoms with van der Waals surface area (Å²) in [7, 11) is 0. The normalized spacial score (nSPS) is 30.8. The zero-order valence-corrected chi connectivity index (χ0v) is 15.1. The maximum Gasteiger partial charge on any atom is 0.278 e. The van der Waals surface area contributed by atoms with Crippen molar-refractivity contribution in [2.75, 3.05) is 6.54 Å². The Morgan fingerprint density at radius 2 is 1.89 bits per heavy atom. The summed E-state index contributed by atoms with van der Waals surface area (Å²) in [6, 6.07) is -2.91. The number of carbonyl (C=O) groups excluding carboxylic acids is 4. The van der Waals surface area contributed by atoms with E-state index in [-0.39, 0.29) is 18.4 Å². The molecule has 1 heterocycles. The summed E-state index contributed by atoms with van der Waals surface area (Å²) < 4.78 is 0. The second-order valence-corrected chi connectivity index (χ2v) is 7.05. The summed E-state index contributed by atoms with van der Waals surface area (Å²) in [6.07, 6.45) is -2.47. The minimum absolute atomic E-state index is 0.00857. The van der Waals surface area contributed by atoms with Crippen molar-refractivity contribution in [1.29, 1.82) is 0 Å². The van der Waals surface area contributed by atoms with Gasteiger partial charge < -0.3 is 42.7 Å². The van der Waals surface area contributed by atoms with Gasteiger partial charge in [-0.05, 0) is 0 Å². The van der Waals surface area contributed by atoms with Gasteiger partial charge in [0.1, 0.15) is 24.8 Å². The predicted octanol–water partition coefficient (Wildman–Crippen LogP) is -5.93. The van der Waals surface area contributed by atoms with Gasteiger partial charge in [0, 0.05) is 18.4 Å². The Balaban J connectivity index is 2.09. The van der Waals surface area contributed by atoms with E-state index in [9.17, 15) is 34.5 Å². The van der Waals surface area contributed by atoms with Crippen LogP contribution in [0.25, 0.3) is 0 Å². The van der Waals surface area contributed by atoms with E-state index in [0.29, 0.717) is 6.54 Å². The Bertz CT molecular complexity index is 682. The molecule has 0 aromatic rings. The number of carbonyl (C=O) groups is 4. The number of primary amides is 2. The van der Waals surface area contributed by atoms with Crippen molar-refractivity contribution >= 4 is 23.6 Å². The van der Waals surface area contributed by atoms with Crippen LogP contribution in [0.4, 0.5) is 0 Å². The first-order chi connectivity index (χ1) is 13.1. The van der Waals surface area contributed by atoms with Crippen molar-refractivity contribution in [2.45, 2.75) is 55.7 Å². The number of nitrogens with two attached hydrogens (primary N) is 3. The highest BCUT2D eigenvalue weighted by Crippen LogP contribution is 2.20. The molecular weight excluding hydrogens is 374 g/mol. The third-order valence-corrected chi connectivity index (χ3v) is 4.78. The molecule has 6 atom stereocenters. The maximum atomic E-state index is 12.4. The van der Waals surface area contributed by atoms with Gasteiger partial charge in [0.15, 0.2) is 6.04 Å². The van der Waals surface area contributed by atoms with E-state index in [4.69, 9.17) is 11.5 Å². The molecule has 4 amide bonds. The smallest absolute Gasteiger partial charge is 0.278 e. The molecule has 0 unspecified atom stereocenters. The van der Waals surface area contributed by atoms with Crippen LogP contribution in [-0.4, -0.2) is 81.9 Å². The SMILES string of the molecule is NC(=O)C[C@@H](NC(=O)C1=C[C@@H](NC(=O)[C@@H]2C[C@@H](O)C[NH2+]2)[C@@H](O)[C@H](O)C1)C(N)=O. The van der Waals surface area contributed by atoms with Crippen LogP contribution in [-0.2, 0) is 19.2 Å². The molecule has 0 spiro atoms. The fraction of sp³-hybridized carbons (Fsp3) is 0.625. The van der Waals surface area contributed by atoms with Crippen LogP contribution in [0.5, 0.6) is 0 Å². The molecule has 1 saturated heterocycles. The molecule has 1 aliphatic heterocycles. The van der Waals surface area contributed by atoms with Crippen molar-refractivity contribution in [2.24, 2.45) is 11.5 Å². The molecule has 2 rings (SSSR count). The summed E-state index contributed by atoms with van der Waals surface area (Å²) in [5, 5.41) is 36.2. The summed E-state index contributed by atoms with van der Waals surface area (Å²) in [4.78, 5) is 47.0. The summed E-state index contributed by atoms with van der Waals surface area (Å²) in [5.41, 5.74) is 10.2. The van der Waals surface area contributed by atoms with E-state index < -0.39 is 66.5 Å². The number of rotatable bonds is 7. The van der Waals surface area contributed by atoms with Crippen LogP contribution in [0.2, 0.25) is 0 Å². The van der Waals surface area contributed by atoms with E-state index in [1.165, 1.54) is 6.08 Å². The Hall–Kier alpha value is -2.54. The molecule has 1 fully saturated rings. The lowest BCUT2D eigenvalue weighted by Crippen LogP contribution is -2.90. The van der Waals surface area contributed by atoms with Crippen LogP contribution in [0.3, 0.4) is 0 Å². The highest BCUT2D eigenvalue weighted by molar-refractivity contribution is 5.98. The lowest BCUT2D eigenvalue weighted by molar-refractivity contribution is -0.659. The van der Waals surface area contributed by atoms with Crippen molar-refractivity contribution in [3.8, 4) is 0 Å². The van der Waals surface area contributed by atoms with E-state index >= 15 is 0 Å². The lowest BCUT2D eigenvalue weighted by Gasteiger charge is -2.31. The monoisotopic (exact) mass is 400 g/mol. The van der Waals surface area contributed by atoms with Gasteiger partial charge in [-0.25, -0.2) is 0 Å². The Morgan fingerprint density at radius 1 is 1.21 bits per heavy atom. The first-order valence-electron chi connectivity index (χ1n) is 8.85. The van der Waals surface area contributed by atoms with Crippen LogP contribution >= 0.6 is 0 Å². The molecule has 28 heavy (non-hydrogen) atoms. The van der Waals surface area contributed by atoms with Gasteiger partial charge in [0.2, 0.25) is 17.7 Å². The lowest BCUT2D eigenvalue weighted by atomic mass is 9.89. The minimum atomic E-state index is -1.34. The van der Waals surface area contributed by atoms with Crippen molar-refractivity contribution < 1.29 is 39.8 Å². The molecule has 2 aliphatic rings. The van der Waals surface area contributed by atoms with Crippen LogP contribution < -0.4 is 27.4 Å². The summed E-state index contributed by atoms with van der Waals surface area (Å²) in [5.74, 6) is -3.02. The van der Waals surface area contributed by atoms with Crippen LogP contribution in [0.1, 0.15) is 19.3 Å². The molecular formula is C16H26N5O7+. The van der Waals surface area contributed by atoms with Crippen LogP contribution in [0, 0.1) is 0 Å². The number of amides is 4. The number of aliphatic hydroxyl groups excluding tert-OH is 3. The number of hydrogen-bond acceptors (Lipinski definition) is 7. The Kier molecular flexibility index (Phi) is 7.07. The zero-order valence-electron chi connectivity index (χ0n) is 15.1. The maximum absolute atomic E-state index is 12.4. The second kappa shape index (κ2) is 9.10. The molecule has 1 aliphatic carbocycles. The van der Waals surface area contributed by atoms with Gasteiger partial charge in [-0.1, -0.05) is 6.08 Å². The summed E-state index contributed by atoms with van der Waals surface area (Å²) in [6.45, 7) is 0.381. The van der Waals surface area contributed by atoms with E-state index in [2.05, 4.69) is 10.6 Å². The Labute approximate surface area is 160 Å². The first-order valence-corrected chi connectivity index (χ1v) is 8.85. The third kappa shape index (κ3) is 5.48. The number of hydrogen-bond donors (Lipinski definition) is 8. The summed E-state index contributed by atoms with van der Waals surface area (Å²) >= 11 is 0. The van der Waals surface area contributed by atoms with Gasteiger partial charge in [-0.2, -0.15) is 0 Å². The number of aliphatic hydroxyl groups is 3. The average molecular weight is 400 g/mol. The standard InChI is InChI=1S/C16H25N5O7/c17-12(24)4-9(14(18)26)21-15(27)6-1-8(13(25)11(23)2-6)20-16(28)10-3-7(22)5-19-10/h1,7-11,13,19,22-23,25H,2-5H2,(H2,17,24)(H2,18,26)(H,20,28)(H,21,27)/p+1/t7-,8-,9-,10+,11-,13-/m1/s1. The van der Waals surface area contributed by atoms with Gasteiger partial charge in [-0.3, -0.25) is 19.2 Å². The van der Waals surface area contributed by atoms with Gasteiger partial charge in [0.25, 0.3) is 5.91 Å². The topological polar surface area (TPSA) is 222 Å². The molecule has 0 aromatic heterocycles.